The molecule has 0 aromatic rings. The van der Waals surface area contributed by atoms with Gasteiger partial charge in [0.1, 0.15) is 0 Å². The highest BCUT2D eigenvalue weighted by atomic mass is 16.6. The Kier molecular flexibility index (Phi) is 12.2. The largest absolute Gasteiger partial charge is 0.481 e. The Balaban J connectivity index is 1.77. The van der Waals surface area contributed by atoms with Gasteiger partial charge in [0, 0.05) is 6.42 Å². The third kappa shape index (κ3) is 15.3. The zero-order valence-corrected chi connectivity index (χ0v) is 14.3. The van der Waals surface area contributed by atoms with Gasteiger partial charge in [0.05, 0.1) is 12.7 Å². The van der Waals surface area contributed by atoms with E-state index in [9.17, 15) is 4.79 Å². The molecule has 130 valence electrons. The van der Waals surface area contributed by atoms with Crippen molar-refractivity contribution in [3.05, 3.63) is 36.5 Å². The summed E-state index contributed by atoms with van der Waals surface area (Å²) in [7, 11) is 0. The predicted molar refractivity (Wildman–Crippen MR) is 95.6 cm³/mol. The van der Waals surface area contributed by atoms with Crippen LogP contribution in [0, 0.1) is 0 Å². The molecule has 1 N–H and O–H groups in total. The van der Waals surface area contributed by atoms with E-state index in [0.29, 0.717) is 12.5 Å². The van der Waals surface area contributed by atoms with Gasteiger partial charge in [-0.05, 0) is 64.2 Å². The van der Waals surface area contributed by atoms with Crippen LogP contribution in [0.3, 0.4) is 0 Å². The molecule has 1 aliphatic rings. The van der Waals surface area contributed by atoms with Crippen LogP contribution < -0.4 is 0 Å². The highest BCUT2D eigenvalue weighted by Gasteiger charge is 2.20. The summed E-state index contributed by atoms with van der Waals surface area (Å²) in [6, 6.07) is 0. The maximum Gasteiger partial charge on any atom is 0.303 e. The molecule has 23 heavy (non-hydrogen) atoms. The molecule has 3 nitrogen and oxygen atoms in total. The van der Waals surface area contributed by atoms with E-state index in [1.807, 2.05) is 0 Å². The average molecular weight is 320 g/mol. The van der Waals surface area contributed by atoms with Crippen LogP contribution in [0.4, 0.5) is 0 Å². The number of unbranched alkanes of at least 4 members (excludes halogenated alkanes) is 5. The van der Waals surface area contributed by atoms with E-state index in [-0.39, 0.29) is 0 Å². The molecule has 0 amide bonds. The quantitative estimate of drug-likeness (QED) is 0.249. The molecule has 3 heteroatoms. The molecular weight excluding hydrogens is 288 g/mol. The molecule has 0 bridgehead atoms. The summed E-state index contributed by atoms with van der Waals surface area (Å²) in [6.45, 7) is 0.969. The molecule has 0 saturated carbocycles. The van der Waals surface area contributed by atoms with Crippen LogP contribution in [0.1, 0.15) is 70.6 Å². The number of hydrogen-bond acceptors (Lipinski definition) is 2. The van der Waals surface area contributed by atoms with Crippen molar-refractivity contribution in [2.75, 3.05) is 6.61 Å². The maximum atomic E-state index is 10.3. The van der Waals surface area contributed by atoms with Gasteiger partial charge < -0.3 is 9.84 Å². The van der Waals surface area contributed by atoms with E-state index in [1.54, 1.807) is 0 Å². The Bertz CT molecular complexity index is 378. The number of aliphatic carboxylic acids is 1. The smallest absolute Gasteiger partial charge is 0.303 e. The van der Waals surface area contributed by atoms with E-state index in [1.165, 1.54) is 12.8 Å². The monoisotopic (exact) mass is 320 g/mol. The van der Waals surface area contributed by atoms with Gasteiger partial charge in [-0.25, -0.2) is 0 Å². The van der Waals surface area contributed by atoms with E-state index in [4.69, 9.17) is 9.84 Å². The molecule has 0 unspecified atom stereocenters. The fourth-order valence-electron chi connectivity index (χ4n) is 2.31. The number of carbonyl (C=O) groups is 1. The second-order valence-electron chi connectivity index (χ2n) is 6.09. The van der Waals surface area contributed by atoms with Crippen LogP contribution >= 0.6 is 0 Å². The number of allylic oxidation sites excluding steroid dienone is 6. The molecule has 1 saturated heterocycles. The fraction of sp³-hybridized carbons (Fsp3) is 0.650. The zero-order valence-electron chi connectivity index (χ0n) is 14.3. The summed E-state index contributed by atoms with van der Waals surface area (Å²) in [5, 5.41) is 8.52. The van der Waals surface area contributed by atoms with E-state index >= 15 is 0 Å². The Labute approximate surface area is 141 Å². The molecule has 0 aromatic heterocycles. The fourth-order valence-corrected chi connectivity index (χ4v) is 2.31. The first-order chi connectivity index (χ1) is 11.3. The molecule has 1 aliphatic heterocycles. The number of ether oxygens (including phenoxy) is 1. The first-order valence-electron chi connectivity index (χ1n) is 9.07. The molecule has 1 heterocycles. The van der Waals surface area contributed by atoms with Crippen molar-refractivity contribution in [1.29, 1.82) is 0 Å². The molecule has 0 aliphatic carbocycles. The molecule has 1 fully saturated rings. The van der Waals surface area contributed by atoms with Crippen molar-refractivity contribution in [1.82, 2.24) is 0 Å². The summed E-state index contributed by atoms with van der Waals surface area (Å²) in [5.41, 5.74) is 0. The van der Waals surface area contributed by atoms with Gasteiger partial charge in [-0.1, -0.05) is 36.5 Å². The van der Waals surface area contributed by atoms with Crippen molar-refractivity contribution in [3.8, 4) is 0 Å². The van der Waals surface area contributed by atoms with E-state index in [2.05, 4.69) is 36.5 Å². The van der Waals surface area contributed by atoms with Crippen LogP contribution in [0.2, 0.25) is 0 Å². The SMILES string of the molecule is O=C(O)CCCC/C=C\CCC/C=C/CC/C=C\CC[C@H]1CO1. The minimum Gasteiger partial charge on any atom is -0.481 e. The average Bonchev–Trinajstić information content (AvgIpc) is 3.34. The van der Waals surface area contributed by atoms with Gasteiger partial charge in [-0.3, -0.25) is 4.79 Å². The van der Waals surface area contributed by atoms with Crippen molar-refractivity contribution in [2.45, 2.75) is 76.7 Å². The predicted octanol–water partition coefficient (Wildman–Crippen LogP) is 5.43. The Hall–Kier alpha value is -1.35. The lowest BCUT2D eigenvalue weighted by molar-refractivity contribution is -0.137. The molecular formula is C20H32O3. The van der Waals surface area contributed by atoms with E-state index < -0.39 is 5.97 Å². The summed E-state index contributed by atoms with van der Waals surface area (Å²) in [5.74, 6) is -0.691. The second-order valence-corrected chi connectivity index (χ2v) is 6.09. The molecule has 0 aromatic carbocycles. The van der Waals surface area contributed by atoms with Gasteiger partial charge >= 0.3 is 5.97 Å². The topological polar surface area (TPSA) is 49.8 Å². The third-order valence-corrected chi connectivity index (χ3v) is 3.81. The van der Waals surface area contributed by atoms with E-state index in [0.717, 1.165) is 58.0 Å². The lowest BCUT2D eigenvalue weighted by atomic mass is 10.1. The minimum absolute atomic E-state index is 0.294. The first kappa shape index (κ1) is 19.7. The number of hydrogen-bond donors (Lipinski definition) is 1. The van der Waals surface area contributed by atoms with Crippen LogP contribution in [0.25, 0.3) is 0 Å². The van der Waals surface area contributed by atoms with Crippen molar-refractivity contribution in [3.63, 3.8) is 0 Å². The number of rotatable bonds is 15. The van der Waals surface area contributed by atoms with Crippen LogP contribution in [0.5, 0.6) is 0 Å². The second kappa shape index (κ2) is 14.3. The lowest BCUT2D eigenvalue weighted by Gasteiger charge is -1.94. The molecule has 1 atom stereocenters. The molecule has 1 rings (SSSR count). The van der Waals surface area contributed by atoms with Gasteiger partial charge in [-0.2, -0.15) is 0 Å². The summed E-state index contributed by atoms with van der Waals surface area (Å²) < 4.78 is 5.17. The minimum atomic E-state index is -0.691. The molecule has 0 radical (unpaired) electrons. The van der Waals surface area contributed by atoms with Crippen molar-refractivity contribution >= 4 is 5.97 Å². The number of carboxylic acid groups (broad SMARTS) is 1. The lowest BCUT2D eigenvalue weighted by Crippen LogP contribution is -1.92. The third-order valence-electron chi connectivity index (χ3n) is 3.81. The van der Waals surface area contributed by atoms with Gasteiger partial charge in [-0.15, -0.1) is 0 Å². The van der Waals surface area contributed by atoms with Crippen LogP contribution in [-0.4, -0.2) is 23.8 Å². The van der Waals surface area contributed by atoms with Crippen molar-refractivity contribution in [2.24, 2.45) is 0 Å². The first-order valence-corrected chi connectivity index (χ1v) is 9.07. The summed E-state index contributed by atoms with van der Waals surface area (Å²) in [6.07, 6.45) is 25.2. The Morgan fingerprint density at radius 2 is 1.35 bits per heavy atom. The van der Waals surface area contributed by atoms with Crippen LogP contribution in [-0.2, 0) is 9.53 Å². The van der Waals surface area contributed by atoms with Gasteiger partial charge in [0.15, 0.2) is 0 Å². The Morgan fingerprint density at radius 1 is 0.826 bits per heavy atom. The number of carboxylic acids is 1. The zero-order chi connectivity index (χ0) is 16.6. The highest BCUT2D eigenvalue weighted by Crippen LogP contribution is 2.15. The van der Waals surface area contributed by atoms with Gasteiger partial charge in [0.2, 0.25) is 0 Å². The summed E-state index contributed by atoms with van der Waals surface area (Å²) in [4.78, 5) is 10.3. The molecule has 0 spiro atoms. The maximum absolute atomic E-state index is 10.3. The van der Waals surface area contributed by atoms with Gasteiger partial charge in [0.25, 0.3) is 0 Å². The van der Waals surface area contributed by atoms with Crippen molar-refractivity contribution < 1.29 is 14.6 Å². The summed E-state index contributed by atoms with van der Waals surface area (Å²) >= 11 is 0. The number of epoxide rings is 1. The normalized spacial score (nSPS) is 17.7. The standard InChI is InChI=1S/C20H32O3/c21-20(22)17-15-13-11-9-7-5-3-1-2-4-6-8-10-12-14-16-19-18-23-19/h2,4,7,9-10,12,19H,1,3,5-6,8,11,13-18H2,(H,21,22)/b4-2+,9-7-,12-10-/t19-/m0/s1. The van der Waals surface area contributed by atoms with Crippen LogP contribution in [0.15, 0.2) is 36.5 Å². The highest BCUT2D eigenvalue weighted by molar-refractivity contribution is 5.66. The Morgan fingerprint density at radius 3 is 1.91 bits per heavy atom.